The van der Waals surface area contributed by atoms with E-state index in [1.165, 1.54) is 41.6 Å². The number of benzene rings is 2. The fraction of sp³-hybridized carbons (Fsp3) is 0.160. The van der Waals surface area contributed by atoms with Crippen LogP contribution >= 0.6 is 11.3 Å². The lowest BCUT2D eigenvalue weighted by atomic mass is 10.2. The fourth-order valence-corrected chi connectivity index (χ4v) is 4.35. The van der Waals surface area contributed by atoms with Crippen molar-refractivity contribution in [2.45, 2.75) is 6.92 Å². The van der Waals surface area contributed by atoms with E-state index >= 15 is 0 Å². The van der Waals surface area contributed by atoms with E-state index in [0.29, 0.717) is 22.6 Å². The van der Waals surface area contributed by atoms with E-state index in [4.69, 9.17) is 0 Å². The minimum Gasteiger partial charge on any atom is -0.465 e. The van der Waals surface area contributed by atoms with E-state index in [0.717, 1.165) is 11.3 Å². The maximum absolute atomic E-state index is 13.2. The van der Waals surface area contributed by atoms with E-state index in [1.54, 1.807) is 30.8 Å². The third-order valence-electron chi connectivity index (χ3n) is 5.59. The number of para-hydroxylation sites is 1. The Labute approximate surface area is 209 Å². The van der Waals surface area contributed by atoms with E-state index in [9.17, 15) is 19.2 Å². The Bertz CT molecular complexity index is 1640. The molecule has 0 saturated carbocycles. The number of hydrogen-bond donors (Lipinski definition) is 1. The molecule has 36 heavy (non-hydrogen) atoms. The van der Waals surface area contributed by atoms with Gasteiger partial charge in [0.05, 0.1) is 24.1 Å². The second-order valence-corrected chi connectivity index (χ2v) is 8.84. The molecule has 2 heterocycles. The zero-order valence-corrected chi connectivity index (χ0v) is 20.8. The number of hydrogen-bond acceptors (Lipinski definition) is 7. The van der Waals surface area contributed by atoms with Crippen molar-refractivity contribution < 1.29 is 14.3 Å². The van der Waals surface area contributed by atoms with Gasteiger partial charge in [0.1, 0.15) is 4.88 Å². The van der Waals surface area contributed by atoms with Crippen LogP contribution in [0, 0.1) is 6.92 Å². The summed E-state index contributed by atoms with van der Waals surface area (Å²) in [7, 11) is 4.56. The van der Waals surface area contributed by atoms with Crippen molar-refractivity contribution in [1.82, 2.24) is 13.9 Å². The van der Waals surface area contributed by atoms with E-state index in [2.05, 4.69) is 15.0 Å². The zero-order chi connectivity index (χ0) is 26.0. The summed E-state index contributed by atoms with van der Waals surface area (Å²) in [6.45, 7) is 1.76. The lowest BCUT2D eigenvalue weighted by molar-refractivity contribution is 0.0600. The molecule has 0 saturated heterocycles. The number of nitrogens with zero attached hydrogens (tertiary/aromatic N) is 4. The molecule has 4 rings (SSSR count). The molecule has 0 bridgehead atoms. The van der Waals surface area contributed by atoms with Gasteiger partial charge in [0.2, 0.25) is 0 Å². The number of amides is 1. The Hall–Kier alpha value is -4.51. The number of anilines is 1. The van der Waals surface area contributed by atoms with Gasteiger partial charge in [0.15, 0.2) is 10.5 Å². The summed E-state index contributed by atoms with van der Waals surface area (Å²) < 4.78 is 9.13. The summed E-state index contributed by atoms with van der Waals surface area (Å²) in [5.74, 6) is -1.01. The molecule has 0 aliphatic heterocycles. The molecule has 0 aliphatic carbocycles. The summed E-state index contributed by atoms with van der Waals surface area (Å²) in [6.07, 6.45) is 0. The van der Waals surface area contributed by atoms with Gasteiger partial charge in [-0.15, -0.1) is 0 Å². The van der Waals surface area contributed by atoms with Crippen LogP contribution in [0.15, 0.2) is 75.2 Å². The first-order valence-electron chi connectivity index (χ1n) is 10.8. The normalized spacial score (nSPS) is 11.4. The smallest absolute Gasteiger partial charge is 0.337 e. The van der Waals surface area contributed by atoms with Crippen molar-refractivity contribution in [2.75, 3.05) is 12.4 Å². The van der Waals surface area contributed by atoms with Gasteiger partial charge in [-0.2, -0.15) is 0 Å². The highest BCUT2D eigenvalue weighted by Gasteiger charge is 2.17. The average molecular weight is 506 g/mol. The van der Waals surface area contributed by atoms with Gasteiger partial charge in [0.25, 0.3) is 17.0 Å². The van der Waals surface area contributed by atoms with Crippen molar-refractivity contribution in [3.05, 3.63) is 102 Å². The van der Waals surface area contributed by atoms with E-state index in [-0.39, 0.29) is 20.9 Å². The average Bonchev–Trinajstić information content (AvgIpc) is 3.09. The van der Waals surface area contributed by atoms with E-state index < -0.39 is 17.4 Å². The Balaban J connectivity index is 1.73. The summed E-state index contributed by atoms with van der Waals surface area (Å²) in [5.41, 5.74) is 1.43. The Morgan fingerprint density at radius 3 is 2.31 bits per heavy atom. The molecular weight excluding hydrogens is 482 g/mol. The molecule has 1 N–H and O–H groups in total. The van der Waals surface area contributed by atoms with Crippen molar-refractivity contribution in [3.63, 3.8) is 0 Å². The highest BCUT2D eigenvalue weighted by atomic mass is 32.1. The molecule has 0 atom stereocenters. The Kier molecular flexibility index (Phi) is 6.84. The molecule has 0 aliphatic rings. The number of methoxy groups -OCH3 is 1. The van der Waals surface area contributed by atoms with Crippen LogP contribution in [0.25, 0.3) is 5.69 Å². The van der Waals surface area contributed by atoms with Crippen molar-refractivity contribution >= 4 is 34.6 Å². The minimum absolute atomic E-state index is 0.117. The van der Waals surface area contributed by atoms with Gasteiger partial charge in [-0.05, 0) is 43.3 Å². The van der Waals surface area contributed by atoms with E-state index in [1.807, 2.05) is 30.3 Å². The van der Waals surface area contributed by atoms with Gasteiger partial charge in [-0.25, -0.2) is 14.5 Å². The highest BCUT2D eigenvalue weighted by Crippen LogP contribution is 2.17. The maximum Gasteiger partial charge on any atom is 0.337 e. The molecule has 0 radical (unpaired) electrons. The molecule has 0 fully saturated rings. The topological polar surface area (TPSA) is 117 Å². The Morgan fingerprint density at radius 2 is 1.67 bits per heavy atom. The van der Waals surface area contributed by atoms with Crippen LogP contribution in [0.2, 0.25) is 0 Å². The predicted molar refractivity (Wildman–Crippen MR) is 136 cm³/mol. The third kappa shape index (κ3) is 4.68. The van der Waals surface area contributed by atoms with Gasteiger partial charge >= 0.3 is 5.97 Å². The van der Waals surface area contributed by atoms with Gasteiger partial charge in [-0.1, -0.05) is 29.5 Å². The molecule has 2 aromatic heterocycles. The molecule has 4 aromatic rings. The zero-order valence-electron chi connectivity index (χ0n) is 20.0. The van der Waals surface area contributed by atoms with Crippen molar-refractivity contribution in [3.8, 4) is 5.69 Å². The molecule has 0 unspecified atom stereocenters. The van der Waals surface area contributed by atoms with Crippen LogP contribution in [0.5, 0.6) is 0 Å². The van der Waals surface area contributed by atoms with Crippen LogP contribution in [-0.2, 0) is 18.8 Å². The molecule has 11 heteroatoms. The molecule has 2 aromatic carbocycles. The minimum atomic E-state index is -0.522. The van der Waals surface area contributed by atoms with Crippen molar-refractivity contribution in [2.24, 2.45) is 19.1 Å². The number of esters is 1. The second-order valence-electron chi connectivity index (χ2n) is 7.84. The van der Waals surface area contributed by atoms with Crippen LogP contribution in [0.1, 0.15) is 25.7 Å². The second kappa shape index (κ2) is 10.0. The first-order valence-corrected chi connectivity index (χ1v) is 11.6. The first-order chi connectivity index (χ1) is 17.2. The van der Waals surface area contributed by atoms with Gasteiger partial charge < -0.3 is 10.1 Å². The van der Waals surface area contributed by atoms with Crippen LogP contribution < -0.4 is 21.2 Å². The lowest BCUT2D eigenvalue weighted by Gasteiger charge is -2.07. The molecular formula is C25H23N5O5S. The van der Waals surface area contributed by atoms with Crippen LogP contribution in [0.3, 0.4) is 0 Å². The van der Waals surface area contributed by atoms with Crippen molar-refractivity contribution in [1.29, 1.82) is 0 Å². The summed E-state index contributed by atoms with van der Waals surface area (Å²) in [4.78, 5) is 55.1. The highest BCUT2D eigenvalue weighted by molar-refractivity contribution is 7.11. The van der Waals surface area contributed by atoms with Gasteiger partial charge in [-0.3, -0.25) is 23.6 Å². The van der Waals surface area contributed by atoms with Gasteiger partial charge in [0, 0.05) is 25.8 Å². The lowest BCUT2D eigenvalue weighted by Crippen LogP contribution is -2.30. The monoisotopic (exact) mass is 505 g/mol. The number of rotatable bonds is 5. The SMILES string of the molecule is COC(=O)c1ccc(NC(=O)c2cc(=O)n(C)c(=Nc3c(C)n(C)n(-c4ccccc4)c3=O)s2)cc1. The number of ether oxygens (including phenoxy) is 1. The predicted octanol–water partition coefficient (Wildman–Crippen LogP) is 2.52. The standard InChI is InChI=1S/C25H23N5O5S/c1-15-21(23(33)30(29(15)3)18-8-6-5-7-9-18)27-25-28(2)20(31)14-19(36-25)22(32)26-17-12-10-16(11-13-17)24(34)35-4/h5-14H,1-4H3,(H,26,32). The fourth-order valence-electron chi connectivity index (χ4n) is 3.49. The molecule has 184 valence electrons. The summed E-state index contributed by atoms with van der Waals surface area (Å²) in [6, 6.07) is 16.5. The largest absolute Gasteiger partial charge is 0.465 e. The summed E-state index contributed by atoms with van der Waals surface area (Å²) >= 11 is 0.978. The van der Waals surface area contributed by atoms with Crippen LogP contribution in [0.4, 0.5) is 11.4 Å². The number of carbonyl (C=O) groups is 2. The number of nitrogens with one attached hydrogen (secondary N) is 1. The first kappa shape index (κ1) is 24.6. The summed E-state index contributed by atoms with van der Waals surface area (Å²) in [5, 5.41) is 2.70. The molecule has 0 spiro atoms. The van der Waals surface area contributed by atoms with Crippen LogP contribution in [-0.4, -0.2) is 32.9 Å². The molecule has 10 nitrogen and oxygen atoms in total. The third-order valence-corrected chi connectivity index (χ3v) is 6.66. The maximum atomic E-state index is 13.2. The number of carbonyl (C=O) groups excluding carboxylic acids is 2. The number of aromatic nitrogens is 3. The quantitative estimate of drug-likeness (QED) is 0.419. The Morgan fingerprint density at radius 1 is 1.00 bits per heavy atom. The molecule has 1 amide bonds.